The highest BCUT2D eigenvalue weighted by atomic mass is 32.2. The van der Waals surface area contributed by atoms with Crippen molar-refractivity contribution in [3.05, 3.63) is 66.0 Å². The largest absolute Gasteiger partial charge is 0.497 e. The molecule has 1 aliphatic carbocycles. The van der Waals surface area contributed by atoms with Gasteiger partial charge in [-0.1, -0.05) is 42.1 Å². The molecule has 1 saturated carbocycles. The zero-order chi connectivity index (χ0) is 20.2. The minimum Gasteiger partial charge on any atom is -0.497 e. The van der Waals surface area contributed by atoms with Crippen molar-refractivity contribution in [1.82, 2.24) is 14.8 Å². The molecule has 0 bridgehead atoms. The molecule has 2 aromatic carbocycles. The number of hydrogen-bond acceptors (Lipinski definition) is 5. The first-order valence-electron chi connectivity index (χ1n) is 9.72. The smallest absolute Gasteiger partial charge is 0.237 e. The Balaban J connectivity index is 1.47. The fraction of sp³-hybridized carbons (Fsp3) is 0.318. The van der Waals surface area contributed by atoms with Gasteiger partial charge in [0.15, 0.2) is 5.16 Å². The van der Waals surface area contributed by atoms with Gasteiger partial charge < -0.3 is 14.6 Å². The number of benzene rings is 2. The third-order valence-electron chi connectivity index (χ3n) is 4.88. The quantitative estimate of drug-likeness (QED) is 0.562. The summed E-state index contributed by atoms with van der Waals surface area (Å²) in [7, 11) is 1.62. The molecule has 1 aromatic heterocycles. The van der Waals surface area contributed by atoms with Gasteiger partial charge in [-0.05, 0) is 49.6 Å². The van der Waals surface area contributed by atoms with Gasteiger partial charge in [-0.15, -0.1) is 10.2 Å². The Hall–Kier alpha value is -2.80. The number of thioether (sulfide) groups is 1. The molecule has 3 aromatic rings. The molecule has 1 amide bonds. The maximum atomic E-state index is 12.7. The highest BCUT2D eigenvalue weighted by molar-refractivity contribution is 8.00. The summed E-state index contributed by atoms with van der Waals surface area (Å²) in [4.78, 5) is 12.7. The lowest BCUT2D eigenvalue weighted by Crippen LogP contribution is -2.23. The van der Waals surface area contributed by atoms with Crippen LogP contribution in [0.5, 0.6) is 5.75 Å². The Morgan fingerprint density at radius 2 is 1.90 bits per heavy atom. The van der Waals surface area contributed by atoms with E-state index in [1.165, 1.54) is 17.3 Å². The first kappa shape index (κ1) is 19.5. The molecule has 0 saturated heterocycles. The SMILES string of the molecule is COc1ccc(NC(=O)[C@H](C)Sc2nnc(C3CC3)n2Cc2ccccc2)cc1. The minimum absolute atomic E-state index is 0.0672. The molecular weight excluding hydrogens is 384 g/mol. The second-order valence-electron chi connectivity index (χ2n) is 7.16. The van der Waals surface area contributed by atoms with E-state index in [0.29, 0.717) is 5.92 Å². The van der Waals surface area contributed by atoms with Crippen LogP contribution in [-0.2, 0) is 11.3 Å². The predicted octanol–water partition coefficient (Wildman–Crippen LogP) is 4.33. The number of amides is 1. The summed E-state index contributed by atoms with van der Waals surface area (Å²) in [5, 5.41) is 12.3. The minimum atomic E-state index is -0.303. The zero-order valence-corrected chi connectivity index (χ0v) is 17.4. The summed E-state index contributed by atoms with van der Waals surface area (Å²) in [6, 6.07) is 17.6. The van der Waals surface area contributed by atoms with Crippen LogP contribution in [0.3, 0.4) is 0 Å². The maximum Gasteiger partial charge on any atom is 0.237 e. The van der Waals surface area contributed by atoms with E-state index in [0.717, 1.165) is 41.8 Å². The second-order valence-corrected chi connectivity index (χ2v) is 8.47. The number of ether oxygens (including phenoxy) is 1. The van der Waals surface area contributed by atoms with Crippen LogP contribution in [-0.4, -0.2) is 33.0 Å². The second kappa shape index (κ2) is 8.69. The molecule has 1 fully saturated rings. The summed E-state index contributed by atoms with van der Waals surface area (Å²) in [5.74, 6) is 2.21. The van der Waals surface area contributed by atoms with Crippen molar-refractivity contribution in [2.75, 3.05) is 12.4 Å². The number of rotatable bonds is 8. The Morgan fingerprint density at radius 1 is 1.17 bits per heavy atom. The summed E-state index contributed by atoms with van der Waals surface area (Å²) in [5.41, 5.74) is 1.94. The van der Waals surface area contributed by atoms with E-state index >= 15 is 0 Å². The van der Waals surface area contributed by atoms with Crippen molar-refractivity contribution < 1.29 is 9.53 Å². The summed E-state index contributed by atoms with van der Waals surface area (Å²) in [6.45, 7) is 2.61. The lowest BCUT2D eigenvalue weighted by Gasteiger charge is -2.14. The van der Waals surface area contributed by atoms with Gasteiger partial charge in [0.25, 0.3) is 0 Å². The molecule has 150 valence electrons. The highest BCUT2D eigenvalue weighted by Crippen LogP contribution is 2.40. The van der Waals surface area contributed by atoms with Crippen LogP contribution in [0.4, 0.5) is 5.69 Å². The third kappa shape index (κ3) is 4.79. The van der Waals surface area contributed by atoms with Crippen LogP contribution >= 0.6 is 11.8 Å². The number of anilines is 1. The van der Waals surface area contributed by atoms with Crippen molar-refractivity contribution >= 4 is 23.4 Å². The van der Waals surface area contributed by atoms with Crippen molar-refractivity contribution in [3.63, 3.8) is 0 Å². The molecule has 1 N–H and O–H groups in total. The Labute approximate surface area is 174 Å². The summed E-state index contributed by atoms with van der Waals surface area (Å²) < 4.78 is 7.32. The number of nitrogens with zero attached hydrogens (tertiary/aromatic N) is 3. The van der Waals surface area contributed by atoms with Crippen molar-refractivity contribution in [2.24, 2.45) is 0 Å². The molecule has 0 aliphatic heterocycles. The van der Waals surface area contributed by atoms with Crippen LogP contribution in [0.15, 0.2) is 59.8 Å². The van der Waals surface area contributed by atoms with Gasteiger partial charge in [0.05, 0.1) is 18.9 Å². The number of aromatic nitrogens is 3. The number of carbonyl (C=O) groups is 1. The maximum absolute atomic E-state index is 12.7. The molecule has 7 heteroatoms. The van der Waals surface area contributed by atoms with Crippen molar-refractivity contribution in [2.45, 2.75) is 42.6 Å². The molecule has 0 spiro atoms. The standard InChI is InChI=1S/C22H24N4O2S/c1-15(21(27)23-18-10-12-19(28-2)13-11-18)29-22-25-24-20(17-8-9-17)26(22)14-16-6-4-3-5-7-16/h3-7,10-13,15,17H,8-9,14H2,1-2H3,(H,23,27)/t15-/m0/s1. The molecule has 0 unspecified atom stereocenters. The van der Waals surface area contributed by atoms with Gasteiger partial charge in [0, 0.05) is 11.6 Å². The van der Waals surface area contributed by atoms with Crippen molar-refractivity contribution in [3.8, 4) is 5.75 Å². The van der Waals surface area contributed by atoms with E-state index in [-0.39, 0.29) is 11.2 Å². The number of nitrogens with one attached hydrogen (secondary N) is 1. The number of methoxy groups -OCH3 is 1. The van der Waals surface area contributed by atoms with E-state index in [1.54, 1.807) is 7.11 Å². The lowest BCUT2D eigenvalue weighted by atomic mass is 10.2. The first-order valence-corrected chi connectivity index (χ1v) is 10.6. The molecule has 1 atom stereocenters. The monoisotopic (exact) mass is 408 g/mol. The Kier molecular flexibility index (Phi) is 5.85. The number of carbonyl (C=O) groups excluding carboxylic acids is 1. The van der Waals surface area contributed by atoms with Gasteiger partial charge in [-0.25, -0.2) is 0 Å². The molecule has 29 heavy (non-hydrogen) atoms. The van der Waals surface area contributed by atoms with Gasteiger partial charge in [-0.3, -0.25) is 4.79 Å². The van der Waals surface area contributed by atoms with Crippen LogP contribution in [0.2, 0.25) is 0 Å². The third-order valence-corrected chi connectivity index (χ3v) is 5.96. The zero-order valence-electron chi connectivity index (χ0n) is 16.5. The molecule has 6 nitrogen and oxygen atoms in total. The fourth-order valence-corrected chi connectivity index (χ4v) is 3.93. The van der Waals surface area contributed by atoms with E-state index < -0.39 is 0 Å². The van der Waals surface area contributed by atoms with E-state index in [9.17, 15) is 4.79 Å². The fourth-order valence-electron chi connectivity index (χ4n) is 3.08. The topological polar surface area (TPSA) is 69.0 Å². The van der Waals surface area contributed by atoms with Crippen LogP contribution in [0.25, 0.3) is 0 Å². The molecule has 4 rings (SSSR count). The van der Waals surface area contributed by atoms with E-state index in [1.807, 2.05) is 49.4 Å². The molecular formula is C22H24N4O2S. The van der Waals surface area contributed by atoms with Crippen LogP contribution in [0, 0.1) is 0 Å². The summed E-state index contributed by atoms with van der Waals surface area (Å²) in [6.07, 6.45) is 2.32. The lowest BCUT2D eigenvalue weighted by molar-refractivity contribution is -0.115. The molecule has 0 radical (unpaired) electrons. The molecule has 1 heterocycles. The predicted molar refractivity (Wildman–Crippen MR) is 114 cm³/mol. The molecule has 1 aliphatic rings. The van der Waals surface area contributed by atoms with Crippen molar-refractivity contribution in [1.29, 1.82) is 0 Å². The van der Waals surface area contributed by atoms with Gasteiger partial charge in [0.2, 0.25) is 5.91 Å². The van der Waals surface area contributed by atoms with E-state index in [2.05, 4.69) is 32.2 Å². The average molecular weight is 409 g/mol. The highest BCUT2D eigenvalue weighted by Gasteiger charge is 2.31. The Bertz CT molecular complexity index is 968. The average Bonchev–Trinajstić information content (AvgIpc) is 3.52. The van der Waals surface area contributed by atoms with Crippen LogP contribution < -0.4 is 10.1 Å². The van der Waals surface area contributed by atoms with Crippen LogP contribution in [0.1, 0.15) is 37.1 Å². The summed E-state index contributed by atoms with van der Waals surface area (Å²) >= 11 is 1.44. The Morgan fingerprint density at radius 3 is 2.55 bits per heavy atom. The number of hydrogen-bond donors (Lipinski definition) is 1. The normalized spacial score (nSPS) is 14.4. The van der Waals surface area contributed by atoms with Gasteiger partial charge >= 0.3 is 0 Å². The van der Waals surface area contributed by atoms with Gasteiger partial charge in [-0.2, -0.15) is 0 Å². The van der Waals surface area contributed by atoms with E-state index in [4.69, 9.17) is 4.74 Å². The first-order chi connectivity index (χ1) is 14.1. The van der Waals surface area contributed by atoms with Gasteiger partial charge in [0.1, 0.15) is 11.6 Å².